The number of carbonyl (C=O) groups excluding carboxylic acids is 1. The first-order valence-electron chi connectivity index (χ1n) is 10.8. The first kappa shape index (κ1) is 23.5. The maximum Gasteiger partial charge on any atom is 0.355 e. The summed E-state index contributed by atoms with van der Waals surface area (Å²) in [6.07, 6.45) is 0. The van der Waals surface area contributed by atoms with Crippen molar-refractivity contribution in [3.63, 3.8) is 0 Å². The number of ether oxygens (including phenoxy) is 4. The van der Waals surface area contributed by atoms with Crippen molar-refractivity contribution in [1.29, 1.82) is 5.26 Å². The molecule has 0 amide bonds. The van der Waals surface area contributed by atoms with Crippen LogP contribution in [0.25, 0.3) is 10.1 Å². The predicted molar refractivity (Wildman–Crippen MR) is 137 cm³/mol. The van der Waals surface area contributed by atoms with E-state index in [4.69, 9.17) is 36.3 Å². The quantitative estimate of drug-likeness (QED) is 0.255. The summed E-state index contributed by atoms with van der Waals surface area (Å²) >= 11 is 7.70. The molecule has 0 spiro atoms. The second-order valence-electron chi connectivity index (χ2n) is 7.86. The maximum atomic E-state index is 12.9. The lowest BCUT2D eigenvalue weighted by Gasteiger charge is -2.27. The molecule has 2 heterocycles. The summed E-state index contributed by atoms with van der Waals surface area (Å²) in [4.78, 5) is 13.2. The predicted octanol–water partition coefficient (Wildman–Crippen LogP) is 6.01. The molecular formula is C27H19ClN2O5S. The highest BCUT2D eigenvalue weighted by atomic mass is 35.5. The van der Waals surface area contributed by atoms with Crippen LogP contribution >= 0.6 is 22.9 Å². The van der Waals surface area contributed by atoms with Gasteiger partial charge in [0.25, 0.3) is 0 Å². The molecule has 0 fully saturated rings. The number of thiophene rings is 1. The summed E-state index contributed by atoms with van der Waals surface area (Å²) in [5, 5.41) is 11.0. The lowest BCUT2D eigenvalue weighted by molar-refractivity contribution is 0.0740. The van der Waals surface area contributed by atoms with Crippen molar-refractivity contribution in [2.75, 3.05) is 14.2 Å². The standard InChI is InChI=1S/C27H19ClN2O5S/c1-32-14-7-9-16(20(11-14)33-2)23-17-10-8-15(12-21(17)35-26(30)19(23)13-29)34-27(31)25-24(28)18-5-3-4-6-22(18)36-25/h3-12,23H,30H2,1-2H3. The molecular weight excluding hydrogens is 500 g/mol. The van der Waals surface area contributed by atoms with Gasteiger partial charge in [0.15, 0.2) is 0 Å². The van der Waals surface area contributed by atoms with E-state index < -0.39 is 11.9 Å². The lowest BCUT2D eigenvalue weighted by Crippen LogP contribution is -2.21. The van der Waals surface area contributed by atoms with E-state index in [-0.39, 0.29) is 17.2 Å². The van der Waals surface area contributed by atoms with Crippen molar-refractivity contribution in [3.8, 4) is 29.1 Å². The number of hydrogen-bond acceptors (Lipinski definition) is 8. The van der Waals surface area contributed by atoms with Crippen LogP contribution in [0.5, 0.6) is 23.0 Å². The summed E-state index contributed by atoms with van der Waals surface area (Å²) < 4.78 is 23.1. The number of nitriles is 1. The smallest absolute Gasteiger partial charge is 0.355 e. The first-order valence-corrected chi connectivity index (χ1v) is 12.0. The number of esters is 1. The van der Waals surface area contributed by atoms with Crippen LogP contribution in [0, 0.1) is 11.3 Å². The molecule has 7 nitrogen and oxygen atoms in total. The number of methoxy groups -OCH3 is 2. The van der Waals surface area contributed by atoms with Crippen LogP contribution in [0.3, 0.4) is 0 Å². The van der Waals surface area contributed by atoms with E-state index in [9.17, 15) is 10.1 Å². The van der Waals surface area contributed by atoms with Gasteiger partial charge in [-0.1, -0.05) is 41.9 Å². The van der Waals surface area contributed by atoms with Gasteiger partial charge in [0.2, 0.25) is 5.88 Å². The van der Waals surface area contributed by atoms with Crippen molar-refractivity contribution >= 4 is 39.0 Å². The number of nitrogens with two attached hydrogens (primary N) is 1. The van der Waals surface area contributed by atoms with E-state index >= 15 is 0 Å². The second kappa shape index (κ2) is 9.46. The van der Waals surface area contributed by atoms with Crippen molar-refractivity contribution in [1.82, 2.24) is 0 Å². The molecule has 1 unspecified atom stereocenters. The van der Waals surface area contributed by atoms with Gasteiger partial charge in [-0.05, 0) is 18.2 Å². The number of hydrogen-bond donors (Lipinski definition) is 1. The maximum absolute atomic E-state index is 12.9. The van der Waals surface area contributed by atoms with E-state index in [0.29, 0.717) is 38.3 Å². The molecule has 0 saturated heterocycles. The van der Waals surface area contributed by atoms with Gasteiger partial charge >= 0.3 is 5.97 Å². The molecule has 180 valence electrons. The monoisotopic (exact) mass is 518 g/mol. The highest BCUT2D eigenvalue weighted by Gasteiger charge is 2.33. The molecule has 0 bridgehead atoms. The minimum atomic E-state index is -0.577. The Balaban J connectivity index is 1.52. The van der Waals surface area contributed by atoms with Gasteiger partial charge in [0.05, 0.1) is 25.2 Å². The Morgan fingerprint density at radius 1 is 1.06 bits per heavy atom. The molecule has 0 saturated carbocycles. The molecule has 0 radical (unpaired) electrons. The van der Waals surface area contributed by atoms with Crippen LogP contribution in [0.2, 0.25) is 5.02 Å². The third-order valence-corrected chi connectivity index (χ3v) is 7.53. The van der Waals surface area contributed by atoms with Crippen LogP contribution in [0.15, 0.2) is 72.1 Å². The SMILES string of the molecule is COc1ccc(C2C(C#N)=C(N)Oc3cc(OC(=O)c4sc5ccccc5c4Cl)ccc32)c(OC)c1. The van der Waals surface area contributed by atoms with Crippen molar-refractivity contribution in [3.05, 3.63) is 93.1 Å². The Morgan fingerprint density at radius 3 is 2.53 bits per heavy atom. The molecule has 1 atom stereocenters. The summed E-state index contributed by atoms with van der Waals surface area (Å²) in [5.41, 5.74) is 7.76. The highest BCUT2D eigenvalue weighted by Crippen LogP contribution is 2.46. The first-order chi connectivity index (χ1) is 17.4. The Kier molecular flexibility index (Phi) is 6.18. The Hall–Kier alpha value is -4.19. The van der Waals surface area contributed by atoms with Gasteiger partial charge in [-0.25, -0.2) is 4.79 Å². The minimum absolute atomic E-state index is 0.0381. The third kappa shape index (κ3) is 3.98. The van der Waals surface area contributed by atoms with Crippen molar-refractivity contribution < 1.29 is 23.7 Å². The number of nitrogens with zero attached hydrogens (tertiary/aromatic N) is 1. The Morgan fingerprint density at radius 2 is 1.81 bits per heavy atom. The van der Waals surface area contributed by atoms with Gasteiger partial charge < -0.3 is 24.7 Å². The van der Waals surface area contributed by atoms with Crippen LogP contribution in [-0.2, 0) is 0 Å². The zero-order valence-electron chi connectivity index (χ0n) is 19.2. The number of halogens is 1. The molecule has 4 aromatic rings. The van der Waals surface area contributed by atoms with E-state index in [1.165, 1.54) is 11.3 Å². The zero-order valence-corrected chi connectivity index (χ0v) is 20.8. The summed E-state index contributed by atoms with van der Waals surface area (Å²) in [6.45, 7) is 0. The van der Waals surface area contributed by atoms with Crippen LogP contribution in [0.1, 0.15) is 26.7 Å². The number of benzene rings is 3. The molecule has 2 N–H and O–H groups in total. The molecule has 9 heteroatoms. The molecule has 1 aromatic heterocycles. The number of rotatable bonds is 5. The molecule has 3 aromatic carbocycles. The number of allylic oxidation sites excluding steroid dienone is 1. The normalized spacial score (nSPS) is 14.6. The van der Waals surface area contributed by atoms with Crippen LogP contribution < -0.4 is 24.7 Å². The van der Waals surface area contributed by atoms with Gasteiger partial charge in [-0.15, -0.1) is 11.3 Å². The summed E-state index contributed by atoms with van der Waals surface area (Å²) in [5.74, 6) is 0.586. The van der Waals surface area contributed by atoms with Crippen LogP contribution in [-0.4, -0.2) is 20.2 Å². The minimum Gasteiger partial charge on any atom is -0.497 e. The summed E-state index contributed by atoms with van der Waals surface area (Å²) in [6, 6.07) is 19.9. The van der Waals surface area contributed by atoms with Gasteiger partial charge in [0.1, 0.15) is 39.5 Å². The van der Waals surface area contributed by atoms with E-state index in [1.807, 2.05) is 30.3 Å². The molecule has 36 heavy (non-hydrogen) atoms. The number of carbonyl (C=O) groups is 1. The Bertz CT molecular complexity index is 1590. The fourth-order valence-electron chi connectivity index (χ4n) is 4.17. The Labute approximate surface area is 215 Å². The molecule has 5 rings (SSSR count). The zero-order chi connectivity index (χ0) is 25.4. The fraction of sp³-hybridized carbons (Fsp3) is 0.111. The van der Waals surface area contributed by atoms with E-state index in [0.717, 1.165) is 10.1 Å². The molecule has 0 aliphatic carbocycles. The highest BCUT2D eigenvalue weighted by molar-refractivity contribution is 7.21. The van der Waals surface area contributed by atoms with Crippen molar-refractivity contribution in [2.24, 2.45) is 5.73 Å². The van der Waals surface area contributed by atoms with Gasteiger partial charge in [-0.2, -0.15) is 5.26 Å². The third-order valence-electron chi connectivity index (χ3n) is 5.87. The van der Waals surface area contributed by atoms with Crippen LogP contribution in [0.4, 0.5) is 0 Å². The average Bonchev–Trinajstić information content (AvgIpc) is 3.24. The van der Waals surface area contributed by atoms with E-state index in [2.05, 4.69) is 6.07 Å². The average molecular weight is 519 g/mol. The molecule has 1 aliphatic rings. The van der Waals surface area contributed by atoms with E-state index in [1.54, 1.807) is 44.6 Å². The molecule has 1 aliphatic heterocycles. The number of fused-ring (bicyclic) bond motifs is 2. The van der Waals surface area contributed by atoms with Crippen molar-refractivity contribution in [2.45, 2.75) is 5.92 Å². The topological polar surface area (TPSA) is 104 Å². The fourth-order valence-corrected chi connectivity index (χ4v) is 5.56. The van der Waals surface area contributed by atoms with Gasteiger partial charge in [-0.3, -0.25) is 0 Å². The van der Waals surface area contributed by atoms with Gasteiger partial charge in [0, 0.05) is 33.3 Å². The second-order valence-corrected chi connectivity index (χ2v) is 9.29. The summed E-state index contributed by atoms with van der Waals surface area (Å²) in [7, 11) is 3.10. The lowest BCUT2D eigenvalue weighted by atomic mass is 9.83. The largest absolute Gasteiger partial charge is 0.497 e.